The Morgan fingerprint density at radius 3 is 2.82 bits per heavy atom. The molecule has 0 radical (unpaired) electrons. The molecule has 0 saturated heterocycles. The van der Waals surface area contributed by atoms with Crippen molar-refractivity contribution < 1.29 is 4.42 Å². The molecule has 17 heavy (non-hydrogen) atoms. The van der Waals surface area contributed by atoms with Crippen molar-refractivity contribution in [2.75, 3.05) is 11.1 Å². The van der Waals surface area contributed by atoms with Crippen LogP contribution in [-0.4, -0.2) is 4.98 Å². The first-order chi connectivity index (χ1) is 8.06. The van der Waals surface area contributed by atoms with Crippen LogP contribution in [0.4, 0.5) is 11.4 Å². The average molecular weight is 252 g/mol. The van der Waals surface area contributed by atoms with Gasteiger partial charge in [0.25, 0.3) is 0 Å². The molecule has 1 heterocycles. The zero-order valence-electron chi connectivity index (χ0n) is 9.75. The summed E-state index contributed by atoms with van der Waals surface area (Å²) in [5.74, 6) is 1.47. The lowest BCUT2D eigenvalue weighted by Crippen LogP contribution is -2.02. The lowest BCUT2D eigenvalue weighted by molar-refractivity contribution is 0.478. The highest BCUT2D eigenvalue weighted by molar-refractivity contribution is 6.31. The maximum Gasteiger partial charge on any atom is 0.213 e. The molecule has 0 saturated carbocycles. The second-order valence-corrected chi connectivity index (χ2v) is 4.27. The molecule has 0 amide bonds. The first-order valence-corrected chi connectivity index (χ1v) is 5.66. The lowest BCUT2D eigenvalue weighted by Gasteiger charge is -2.07. The van der Waals surface area contributed by atoms with Crippen molar-refractivity contribution in [1.29, 1.82) is 0 Å². The topological polar surface area (TPSA) is 64.1 Å². The third-order valence-electron chi connectivity index (χ3n) is 2.52. The van der Waals surface area contributed by atoms with Gasteiger partial charge in [-0.05, 0) is 32.0 Å². The number of hydrogen-bond donors (Lipinski definition) is 2. The summed E-state index contributed by atoms with van der Waals surface area (Å²) in [7, 11) is 0. The van der Waals surface area contributed by atoms with E-state index in [-0.39, 0.29) is 0 Å². The van der Waals surface area contributed by atoms with Gasteiger partial charge in [-0.3, -0.25) is 0 Å². The highest BCUT2D eigenvalue weighted by Gasteiger charge is 2.06. The van der Waals surface area contributed by atoms with Crippen molar-refractivity contribution in [3.05, 3.63) is 40.6 Å². The summed E-state index contributed by atoms with van der Waals surface area (Å²) >= 11 is 5.89. The number of anilines is 2. The fourth-order valence-corrected chi connectivity index (χ4v) is 1.64. The maximum atomic E-state index is 5.89. The van der Waals surface area contributed by atoms with Crippen LogP contribution in [0.1, 0.15) is 17.3 Å². The Bertz CT molecular complexity index is 517. The van der Waals surface area contributed by atoms with Crippen LogP contribution in [0.5, 0.6) is 0 Å². The van der Waals surface area contributed by atoms with E-state index in [4.69, 9.17) is 21.8 Å². The first kappa shape index (κ1) is 11.8. The number of nitrogens with two attached hydrogens (primary N) is 1. The number of oxazole rings is 1. The Labute approximate surface area is 105 Å². The predicted octanol–water partition coefficient (Wildman–Crippen LogP) is 3.14. The Hall–Kier alpha value is -1.68. The van der Waals surface area contributed by atoms with Crippen LogP contribution in [0.2, 0.25) is 5.02 Å². The summed E-state index contributed by atoms with van der Waals surface area (Å²) in [6.07, 6.45) is 0. The molecule has 0 aliphatic heterocycles. The van der Waals surface area contributed by atoms with E-state index >= 15 is 0 Å². The molecule has 0 bridgehead atoms. The minimum atomic E-state index is 0.485. The number of nitrogens with one attached hydrogen (secondary N) is 1. The van der Waals surface area contributed by atoms with Gasteiger partial charge in [0.05, 0.1) is 23.6 Å². The number of aromatic nitrogens is 1. The molecule has 0 atom stereocenters. The number of hydrogen-bond acceptors (Lipinski definition) is 4. The van der Waals surface area contributed by atoms with Gasteiger partial charge in [0.2, 0.25) is 5.89 Å². The number of halogens is 1. The van der Waals surface area contributed by atoms with E-state index in [2.05, 4.69) is 10.3 Å². The molecule has 0 aliphatic rings. The molecule has 2 aromatic rings. The molecule has 1 aromatic heterocycles. The number of aryl methyl sites for hydroxylation is 2. The predicted molar refractivity (Wildman–Crippen MR) is 69.2 cm³/mol. The van der Waals surface area contributed by atoms with Crippen molar-refractivity contribution in [1.82, 2.24) is 4.98 Å². The second-order valence-electron chi connectivity index (χ2n) is 3.83. The van der Waals surface area contributed by atoms with Gasteiger partial charge < -0.3 is 15.5 Å². The smallest absolute Gasteiger partial charge is 0.213 e. The summed E-state index contributed by atoms with van der Waals surface area (Å²) in [5.41, 5.74) is 8.15. The van der Waals surface area contributed by atoms with E-state index in [9.17, 15) is 0 Å². The fourth-order valence-electron chi connectivity index (χ4n) is 1.47. The van der Waals surface area contributed by atoms with Crippen LogP contribution < -0.4 is 11.1 Å². The quantitative estimate of drug-likeness (QED) is 0.823. The van der Waals surface area contributed by atoms with Gasteiger partial charge in [-0.1, -0.05) is 11.6 Å². The van der Waals surface area contributed by atoms with E-state index in [1.54, 1.807) is 18.2 Å². The van der Waals surface area contributed by atoms with Crippen molar-refractivity contribution in [3.63, 3.8) is 0 Å². The minimum absolute atomic E-state index is 0.485. The summed E-state index contributed by atoms with van der Waals surface area (Å²) in [5, 5.41) is 3.79. The number of nitrogens with zero attached hydrogens (tertiary/aromatic N) is 1. The summed E-state index contributed by atoms with van der Waals surface area (Å²) < 4.78 is 5.46. The van der Waals surface area contributed by atoms with Gasteiger partial charge in [-0.25, -0.2) is 4.98 Å². The lowest BCUT2D eigenvalue weighted by atomic mass is 10.2. The van der Waals surface area contributed by atoms with Crippen LogP contribution in [0.15, 0.2) is 22.6 Å². The SMILES string of the molecule is Cc1nc(CNc2cc(Cl)ccc2N)oc1C. The Morgan fingerprint density at radius 2 is 2.18 bits per heavy atom. The van der Waals surface area contributed by atoms with E-state index in [1.165, 1.54) is 0 Å². The van der Waals surface area contributed by atoms with E-state index in [0.29, 0.717) is 23.1 Å². The first-order valence-electron chi connectivity index (χ1n) is 5.28. The highest BCUT2D eigenvalue weighted by Crippen LogP contribution is 2.23. The maximum absolute atomic E-state index is 5.89. The van der Waals surface area contributed by atoms with Gasteiger partial charge in [0, 0.05) is 5.02 Å². The zero-order valence-corrected chi connectivity index (χ0v) is 10.5. The van der Waals surface area contributed by atoms with Crippen molar-refractivity contribution in [2.24, 2.45) is 0 Å². The number of nitrogen functional groups attached to an aromatic ring is 1. The monoisotopic (exact) mass is 251 g/mol. The van der Waals surface area contributed by atoms with E-state index in [0.717, 1.165) is 17.1 Å². The molecule has 0 aliphatic carbocycles. The minimum Gasteiger partial charge on any atom is -0.444 e. The molecular weight excluding hydrogens is 238 g/mol. The van der Waals surface area contributed by atoms with Crippen LogP contribution in [0.25, 0.3) is 0 Å². The summed E-state index contributed by atoms with van der Waals surface area (Å²) in [6.45, 7) is 4.29. The third-order valence-corrected chi connectivity index (χ3v) is 2.75. The highest BCUT2D eigenvalue weighted by atomic mass is 35.5. The number of benzene rings is 1. The van der Waals surface area contributed by atoms with Gasteiger partial charge in [0.15, 0.2) is 0 Å². The Morgan fingerprint density at radius 1 is 1.41 bits per heavy atom. The molecule has 1 aromatic carbocycles. The van der Waals surface area contributed by atoms with Crippen molar-refractivity contribution in [3.8, 4) is 0 Å². The standard InChI is InChI=1S/C12H14ClN3O/c1-7-8(2)17-12(16-7)6-15-11-5-9(13)3-4-10(11)14/h3-5,15H,6,14H2,1-2H3. The second kappa shape index (κ2) is 4.67. The van der Waals surface area contributed by atoms with Gasteiger partial charge >= 0.3 is 0 Å². The van der Waals surface area contributed by atoms with Crippen LogP contribution >= 0.6 is 11.6 Å². The molecule has 5 heteroatoms. The molecule has 2 rings (SSSR count). The summed E-state index contributed by atoms with van der Waals surface area (Å²) in [4.78, 5) is 4.27. The normalized spacial score (nSPS) is 10.5. The zero-order chi connectivity index (χ0) is 12.4. The molecule has 90 valence electrons. The van der Waals surface area contributed by atoms with Gasteiger partial charge in [0.1, 0.15) is 5.76 Å². The van der Waals surface area contributed by atoms with E-state index in [1.807, 2.05) is 13.8 Å². The molecule has 3 N–H and O–H groups in total. The molecular formula is C12H14ClN3O. The fraction of sp³-hybridized carbons (Fsp3) is 0.250. The average Bonchev–Trinajstić information content (AvgIpc) is 2.60. The molecule has 4 nitrogen and oxygen atoms in total. The van der Waals surface area contributed by atoms with Crippen LogP contribution in [0, 0.1) is 13.8 Å². The molecule has 0 fully saturated rings. The van der Waals surface area contributed by atoms with Gasteiger partial charge in [-0.2, -0.15) is 0 Å². The van der Waals surface area contributed by atoms with Crippen LogP contribution in [0.3, 0.4) is 0 Å². The molecule has 0 unspecified atom stereocenters. The van der Waals surface area contributed by atoms with Crippen molar-refractivity contribution in [2.45, 2.75) is 20.4 Å². The van der Waals surface area contributed by atoms with Crippen LogP contribution in [-0.2, 0) is 6.54 Å². The third kappa shape index (κ3) is 2.71. The van der Waals surface area contributed by atoms with E-state index < -0.39 is 0 Å². The Balaban J connectivity index is 2.09. The largest absolute Gasteiger partial charge is 0.444 e. The summed E-state index contributed by atoms with van der Waals surface area (Å²) in [6, 6.07) is 5.29. The van der Waals surface area contributed by atoms with Crippen molar-refractivity contribution >= 4 is 23.0 Å². The Kier molecular flexibility index (Phi) is 3.24. The van der Waals surface area contributed by atoms with Gasteiger partial charge in [-0.15, -0.1) is 0 Å². The number of rotatable bonds is 3. The molecule has 0 spiro atoms.